The average molecular weight is 278 g/mol. The summed E-state index contributed by atoms with van der Waals surface area (Å²) in [6.07, 6.45) is 1.44. The van der Waals surface area contributed by atoms with Crippen molar-refractivity contribution in [2.24, 2.45) is 5.41 Å². The quantitative estimate of drug-likeness (QED) is 0.481. The number of non-ortho nitro benzene ring substituents is 1. The lowest BCUT2D eigenvalue weighted by Gasteiger charge is -2.35. The minimum absolute atomic E-state index is 0.0268. The normalized spacial score (nSPS) is 16.0. The number of nitrogens with zero attached hydrogens (tertiary/aromatic N) is 1. The zero-order valence-corrected chi connectivity index (χ0v) is 10.7. The Kier molecular flexibility index (Phi) is 3.69. The summed E-state index contributed by atoms with van der Waals surface area (Å²) in [6, 6.07) is 5.76. The van der Waals surface area contributed by atoms with E-state index >= 15 is 0 Å². The number of nitro benzene ring substituents is 1. The molecule has 1 aliphatic rings. The Morgan fingerprint density at radius 3 is 2.30 bits per heavy atom. The van der Waals surface area contributed by atoms with Crippen LogP contribution < -0.4 is 5.32 Å². The zero-order valence-electron chi connectivity index (χ0n) is 10.7. The van der Waals surface area contributed by atoms with E-state index in [1.54, 1.807) is 0 Å². The van der Waals surface area contributed by atoms with E-state index in [1.807, 2.05) is 0 Å². The summed E-state index contributed by atoms with van der Waals surface area (Å²) in [6.45, 7) is 0.159. The van der Waals surface area contributed by atoms with Gasteiger partial charge < -0.3 is 10.4 Å². The van der Waals surface area contributed by atoms with Crippen LogP contribution in [0.3, 0.4) is 0 Å². The van der Waals surface area contributed by atoms with Crippen LogP contribution in [0.15, 0.2) is 24.3 Å². The standard InChI is InChI=1S/C13H14N2O5/c16-11(13(12(17)18)6-1-7-13)14-8-9-2-4-10(5-3-9)15(19)20/h2-5H,1,6-8H2,(H,14,16)(H,17,18). The van der Waals surface area contributed by atoms with E-state index in [4.69, 9.17) is 5.11 Å². The third-order valence-electron chi connectivity index (χ3n) is 3.65. The molecule has 0 radical (unpaired) electrons. The molecule has 106 valence electrons. The maximum absolute atomic E-state index is 11.9. The highest BCUT2D eigenvalue weighted by Crippen LogP contribution is 2.41. The van der Waals surface area contributed by atoms with E-state index in [9.17, 15) is 19.7 Å². The van der Waals surface area contributed by atoms with Crippen LogP contribution in [0, 0.1) is 15.5 Å². The number of nitrogens with one attached hydrogen (secondary N) is 1. The van der Waals surface area contributed by atoms with Crippen molar-refractivity contribution in [3.05, 3.63) is 39.9 Å². The molecule has 0 aromatic heterocycles. The van der Waals surface area contributed by atoms with Gasteiger partial charge in [-0.2, -0.15) is 0 Å². The molecule has 7 nitrogen and oxygen atoms in total. The molecule has 1 fully saturated rings. The van der Waals surface area contributed by atoms with Gasteiger partial charge in [-0.3, -0.25) is 19.7 Å². The van der Waals surface area contributed by atoms with Crippen molar-refractivity contribution in [2.45, 2.75) is 25.8 Å². The molecule has 0 heterocycles. The van der Waals surface area contributed by atoms with Crippen molar-refractivity contribution in [3.8, 4) is 0 Å². The monoisotopic (exact) mass is 278 g/mol. The van der Waals surface area contributed by atoms with Crippen LogP contribution in [-0.2, 0) is 16.1 Å². The van der Waals surface area contributed by atoms with Crippen molar-refractivity contribution in [1.29, 1.82) is 0 Å². The fraction of sp³-hybridized carbons (Fsp3) is 0.385. The summed E-state index contributed by atoms with van der Waals surface area (Å²) in [5, 5.41) is 22.2. The Bertz CT molecular complexity index is 548. The van der Waals surface area contributed by atoms with Gasteiger partial charge in [0, 0.05) is 18.7 Å². The number of rotatable bonds is 5. The highest BCUT2D eigenvalue weighted by molar-refractivity contribution is 6.02. The number of carbonyl (C=O) groups is 2. The first-order chi connectivity index (χ1) is 9.45. The Morgan fingerprint density at radius 1 is 1.30 bits per heavy atom. The van der Waals surface area contributed by atoms with Crippen LogP contribution in [0.25, 0.3) is 0 Å². The molecular weight excluding hydrogens is 264 g/mol. The van der Waals surface area contributed by atoms with E-state index in [1.165, 1.54) is 24.3 Å². The van der Waals surface area contributed by atoms with E-state index < -0.39 is 22.2 Å². The largest absolute Gasteiger partial charge is 0.480 e. The molecule has 2 rings (SSSR count). The Balaban J connectivity index is 1.96. The minimum Gasteiger partial charge on any atom is -0.480 e. The SMILES string of the molecule is O=C(O)C1(C(=O)NCc2ccc([N+](=O)[O-])cc2)CCC1. The average Bonchev–Trinajstić information content (AvgIpc) is 2.35. The van der Waals surface area contributed by atoms with Gasteiger partial charge in [-0.1, -0.05) is 18.6 Å². The second kappa shape index (κ2) is 5.28. The molecule has 1 aromatic rings. The summed E-state index contributed by atoms with van der Waals surface area (Å²) in [5.41, 5.74) is -0.634. The summed E-state index contributed by atoms with van der Waals surface area (Å²) < 4.78 is 0. The first-order valence-corrected chi connectivity index (χ1v) is 6.21. The van der Waals surface area contributed by atoms with Gasteiger partial charge in [0.15, 0.2) is 0 Å². The molecule has 0 spiro atoms. The van der Waals surface area contributed by atoms with Gasteiger partial charge >= 0.3 is 5.97 Å². The Labute approximate surface area is 114 Å². The molecule has 0 unspecified atom stereocenters. The number of hydrogen-bond acceptors (Lipinski definition) is 4. The van der Waals surface area contributed by atoms with E-state index in [2.05, 4.69) is 5.32 Å². The molecule has 1 saturated carbocycles. The van der Waals surface area contributed by atoms with Crippen LogP contribution in [0.4, 0.5) is 5.69 Å². The predicted molar refractivity (Wildman–Crippen MR) is 68.9 cm³/mol. The first-order valence-electron chi connectivity index (χ1n) is 6.21. The van der Waals surface area contributed by atoms with Crippen molar-refractivity contribution in [3.63, 3.8) is 0 Å². The van der Waals surface area contributed by atoms with E-state index in [-0.39, 0.29) is 12.2 Å². The number of benzene rings is 1. The molecule has 1 aromatic carbocycles. The molecule has 1 aliphatic carbocycles. The van der Waals surface area contributed by atoms with Crippen LogP contribution in [0.2, 0.25) is 0 Å². The van der Waals surface area contributed by atoms with Crippen LogP contribution in [-0.4, -0.2) is 21.9 Å². The molecule has 0 atom stereocenters. The second-order valence-electron chi connectivity index (χ2n) is 4.85. The Morgan fingerprint density at radius 2 is 1.90 bits per heavy atom. The van der Waals surface area contributed by atoms with Gasteiger partial charge in [0.05, 0.1) is 4.92 Å². The number of hydrogen-bond donors (Lipinski definition) is 2. The lowest BCUT2D eigenvalue weighted by molar-refractivity contribution is -0.384. The number of amides is 1. The van der Waals surface area contributed by atoms with Gasteiger partial charge in [0.25, 0.3) is 5.69 Å². The summed E-state index contributed by atoms with van der Waals surface area (Å²) in [5.74, 6) is -1.58. The van der Waals surface area contributed by atoms with E-state index in [0.29, 0.717) is 18.4 Å². The number of aliphatic carboxylic acids is 1. The summed E-state index contributed by atoms with van der Waals surface area (Å²) >= 11 is 0. The summed E-state index contributed by atoms with van der Waals surface area (Å²) in [7, 11) is 0. The highest BCUT2D eigenvalue weighted by Gasteiger charge is 2.50. The maximum atomic E-state index is 11.9. The van der Waals surface area contributed by atoms with Crippen LogP contribution >= 0.6 is 0 Å². The minimum atomic E-state index is -1.29. The number of carboxylic acids is 1. The third-order valence-corrected chi connectivity index (χ3v) is 3.65. The molecule has 1 amide bonds. The van der Waals surface area contributed by atoms with Crippen molar-refractivity contribution < 1.29 is 19.6 Å². The molecular formula is C13H14N2O5. The second-order valence-corrected chi connectivity index (χ2v) is 4.85. The molecule has 20 heavy (non-hydrogen) atoms. The van der Waals surface area contributed by atoms with Crippen LogP contribution in [0.1, 0.15) is 24.8 Å². The van der Waals surface area contributed by atoms with Crippen molar-refractivity contribution >= 4 is 17.6 Å². The number of carboxylic acid groups (broad SMARTS) is 1. The molecule has 2 N–H and O–H groups in total. The van der Waals surface area contributed by atoms with Gasteiger partial charge in [0.2, 0.25) is 5.91 Å². The highest BCUT2D eigenvalue weighted by atomic mass is 16.6. The lowest BCUT2D eigenvalue weighted by Crippen LogP contribution is -2.50. The molecule has 0 saturated heterocycles. The molecule has 0 aliphatic heterocycles. The molecule has 7 heteroatoms. The first kappa shape index (κ1) is 14.0. The van der Waals surface area contributed by atoms with Gasteiger partial charge in [0.1, 0.15) is 5.41 Å². The van der Waals surface area contributed by atoms with Crippen molar-refractivity contribution in [1.82, 2.24) is 5.32 Å². The number of nitro groups is 1. The number of carbonyl (C=O) groups excluding carboxylic acids is 1. The van der Waals surface area contributed by atoms with Gasteiger partial charge in [-0.05, 0) is 18.4 Å². The summed E-state index contributed by atoms with van der Waals surface area (Å²) in [4.78, 5) is 33.1. The lowest BCUT2D eigenvalue weighted by atomic mass is 9.68. The fourth-order valence-electron chi connectivity index (χ4n) is 2.16. The fourth-order valence-corrected chi connectivity index (χ4v) is 2.16. The molecule has 0 bridgehead atoms. The smallest absolute Gasteiger partial charge is 0.319 e. The van der Waals surface area contributed by atoms with E-state index in [0.717, 1.165) is 6.42 Å². The zero-order chi connectivity index (χ0) is 14.8. The van der Waals surface area contributed by atoms with Crippen molar-refractivity contribution in [2.75, 3.05) is 0 Å². The van der Waals surface area contributed by atoms with Gasteiger partial charge in [-0.15, -0.1) is 0 Å². The predicted octanol–water partition coefficient (Wildman–Crippen LogP) is 1.47. The Hall–Kier alpha value is -2.44. The van der Waals surface area contributed by atoms with Crippen LogP contribution in [0.5, 0.6) is 0 Å². The topological polar surface area (TPSA) is 110 Å². The third kappa shape index (κ3) is 2.47. The maximum Gasteiger partial charge on any atom is 0.319 e. The van der Waals surface area contributed by atoms with Gasteiger partial charge in [-0.25, -0.2) is 0 Å².